The lowest BCUT2D eigenvalue weighted by molar-refractivity contribution is -0.307. The van der Waals surface area contributed by atoms with Gasteiger partial charge in [0.05, 0.1) is 0 Å². The summed E-state index contributed by atoms with van der Waals surface area (Å²) in [4.78, 5) is 3.59. The molecule has 1 heterocycles. The van der Waals surface area contributed by atoms with Gasteiger partial charge in [0.25, 0.3) is 0 Å². The standard InChI is InChI=1S/C13H9F6NO/c14-12(15,16)11(13(17,18)19)10(21)9-6-20-5-7-3-1-2-4-8(7)9/h1-6,10-11,21H. The van der Waals surface area contributed by atoms with Crippen molar-refractivity contribution in [2.75, 3.05) is 0 Å². The SMILES string of the molecule is OC(c1cncc2ccccc12)C(C(F)(F)F)C(F)(F)F. The van der Waals surface area contributed by atoms with Crippen LogP contribution in [0.4, 0.5) is 26.3 Å². The molecule has 0 aliphatic heterocycles. The van der Waals surface area contributed by atoms with Crippen LogP contribution in [0.25, 0.3) is 10.8 Å². The monoisotopic (exact) mass is 309 g/mol. The summed E-state index contributed by atoms with van der Waals surface area (Å²) in [6.45, 7) is 0. The number of halogens is 6. The van der Waals surface area contributed by atoms with Crippen LogP contribution in [-0.2, 0) is 0 Å². The van der Waals surface area contributed by atoms with Gasteiger partial charge in [0.2, 0.25) is 0 Å². The van der Waals surface area contributed by atoms with E-state index in [0.29, 0.717) is 5.39 Å². The summed E-state index contributed by atoms with van der Waals surface area (Å²) in [5, 5.41) is 10.1. The topological polar surface area (TPSA) is 33.1 Å². The zero-order chi connectivity index (χ0) is 15.8. The quantitative estimate of drug-likeness (QED) is 0.850. The molecule has 1 unspecified atom stereocenters. The minimum absolute atomic E-state index is 0.0958. The van der Waals surface area contributed by atoms with Crippen LogP contribution < -0.4 is 0 Å². The molecule has 1 aromatic carbocycles. The van der Waals surface area contributed by atoms with E-state index in [9.17, 15) is 31.4 Å². The molecular weight excluding hydrogens is 300 g/mol. The molecule has 1 atom stereocenters. The first-order valence-corrected chi connectivity index (χ1v) is 5.76. The molecule has 2 rings (SSSR count). The third-order valence-electron chi connectivity index (χ3n) is 3.04. The van der Waals surface area contributed by atoms with Gasteiger partial charge in [0.15, 0.2) is 5.92 Å². The lowest BCUT2D eigenvalue weighted by Gasteiger charge is -2.28. The molecule has 0 aliphatic rings. The number of hydrogen-bond acceptors (Lipinski definition) is 2. The number of pyridine rings is 1. The Kier molecular flexibility index (Phi) is 3.83. The summed E-state index contributed by atoms with van der Waals surface area (Å²) < 4.78 is 75.9. The molecule has 2 aromatic rings. The smallest absolute Gasteiger partial charge is 0.387 e. The lowest BCUT2D eigenvalue weighted by Crippen LogP contribution is -2.41. The van der Waals surface area contributed by atoms with E-state index in [1.54, 1.807) is 6.07 Å². The number of hydrogen-bond donors (Lipinski definition) is 1. The predicted molar refractivity (Wildman–Crippen MR) is 62.3 cm³/mol. The van der Waals surface area contributed by atoms with E-state index in [-0.39, 0.29) is 5.39 Å². The molecule has 0 aliphatic carbocycles. The molecular formula is C13H9F6NO. The first-order chi connectivity index (χ1) is 9.62. The van der Waals surface area contributed by atoms with E-state index < -0.39 is 29.9 Å². The second kappa shape index (κ2) is 5.18. The van der Waals surface area contributed by atoms with Gasteiger partial charge < -0.3 is 5.11 Å². The Labute approximate surface area is 115 Å². The van der Waals surface area contributed by atoms with E-state index in [2.05, 4.69) is 4.98 Å². The van der Waals surface area contributed by atoms with E-state index in [1.165, 1.54) is 24.4 Å². The van der Waals surface area contributed by atoms with Gasteiger partial charge in [-0.1, -0.05) is 24.3 Å². The van der Waals surface area contributed by atoms with Crippen LogP contribution in [0.3, 0.4) is 0 Å². The van der Waals surface area contributed by atoms with E-state index in [1.807, 2.05) is 0 Å². The molecule has 8 heteroatoms. The summed E-state index contributed by atoms with van der Waals surface area (Å²) in [5.41, 5.74) is -0.507. The first kappa shape index (κ1) is 15.6. The van der Waals surface area contributed by atoms with Crippen molar-refractivity contribution in [3.8, 4) is 0 Å². The number of nitrogens with zero attached hydrogens (tertiary/aromatic N) is 1. The Morgan fingerprint density at radius 1 is 0.905 bits per heavy atom. The van der Waals surface area contributed by atoms with Crippen molar-refractivity contribution in [3.05, 3.63) is 42.2 Å². The second-order valence-corrected chi connectivity index (χ2v) is 4.46. The number of fused-ring (bicyclic) bond motifs is 1. The van der Waals surface area contributed by atoms with Gasteiger partial charge in [-0.25, -0.2) is 0 Å². The highest BCUT2D eigenvalue weighted by Crippen LogP contribution is 2.47. The molecule has 0 saturated carbocycles. The van der Waals surface area contributed by atoms with Gasteiger partial charge in [-0.15, -0.1) is 0 Å². The average Bonchev–Trinajstić information content (AvgIpc) is 2.34. The van der Waals surface area contributed by atoms with Crippen molar-refractivity contribution >= 4 is 10.8 Å². The van der Waals surface area contributed by atoms with Crippen molar-refractivity contribution in [2.45, 2.75) is 18.5 Å². The maximum Gasteiger partial charge on any atom is 0.403 e. The Balaban J connectivity index is 2.57. The van der Waals surface area contributed by atoms with Crippen molar-refractivity contribution in [3.63, 3.8) is 0 Å². The predicted octanol–water partition coefficient (Wildman–Crippen LogP) is 4.01. The Hall–Kier alpha value is -1.83. The molecule has 0 spiro atoms. The van der Waals surface area contributed by atoms with Crippen molar-refractivity contribution in [1.82, 2.24) is 4.98 Å². The number of rotatable bonds is 2. The van der Waals surface area contributed by atoms with Gasteiger partial charge >= 0.3 is 12.4 Å². The Morgan fingerprint density at radius 2 is 1.48 bits per heavy atom. The molecule has 0 bridgehead atoms. The molecule has 1 N–H and O–H groups in total. The maximum absolute atomic E-state index is 12.7. The Bertz CT molecular complexity index is 617. The van der Waals surface area contributed by atoms with Gasteiger partial charge in [-0.2, -0.15) is 26.3 Å². The summed E-state index contributed by atoms with van der Waals surface area (Å²) in [5.74, 6) is -3.86. The molecule has 0 saturated heterocycles. The van der Waals surface area contributed by atoms with Crippen molar-refractivity contribution in [2.24, 2.45) is 5.92 Å². The van der Waals surface area contributed by atoms with Crippen LogP contribution in [0, 0.1) is 5.92 Å². The Morgan fingerprint density at radius 3 is 2.05 bits per heavy atom. The van der Waals surface area contributed by atoms with E-state index in [4.69, 9.17) is 0 Å². The molecule has 0 fully saturated rings. The molecule has 2 nitrogen and oxygen atoms in total. The minimum Gasteiger partial charge on any atom is -0.387 e. The fourth-order valence-electron chi connectivity index (χ4n) is 2.10. The fraction of sp³-hybridized carbons (Fsp3) is 0.308. The number of benzene rings is 1. The van der Waals surface area contributed by atoms with Crippen LogP contribution in [0.1, 0.15) is 11.7 Å². The van der Waals surface area contributed by atoms with Crippen LogP contribution >= 0.6 is 0 Å². The van der Waals surface area contributed by atoms with Crippen LogP contribution in [0.5, 0.6) is 0 Å². The summed E-state index contributed by atoms with van der Waals surface area (Å²) in [6.07, 6.45) is -11.9. The lowest BCUT2D eigenvalue weighted by atomic mass is 9.92. The maximum atomic E-state index is 12.7. The number of aromatic nitrogens is 1. The average molecular weight is 309 g/mol. The van der Waals surface area contributed by atoms with Crippen molar-refractivity contribution in [1.29, 1.82) is 0 Å². The zero-order valence-electron chi connectivity index (χ0n) is 10.3. The third-order valence-corrected chi connectivity index (χ3v) is 3.04. The minimum atomic E-state index is -5.62. The molecule has 1 aromatic heterocycles. The van der Waals surface area contributed by atoms with Gasteiger partial charge in [-0.3, -0.25) is 4.98 Å². The fourth-order valence-corrected chi connectivity index (χ4v) is 2.10. The van der Waals surface area contributed by atoms with E-state index >= 15 is 0 Å². The highest BCUT2D eigenvalue weighted by Gasteiger charge is 2.60. The summed E-state index contributed by atoms with van der Waals surface area (Å²) >= 11 is 0. The number of aliphatic hydroxyl groups is 1. The summed E-state index contributed by atoms with van der Waals surface area (Å²) in [7, 11) is 0. The highest BCUT2D eigenvalue weighted by atomic mass is 19.4. The van der Waals surface area contributed by atoms with Gasteiger partial charge in [0, 0.05) is 23.3 Å². The largest absolute Gasteiger partial charge is 0.403 e. The first-order valence-electron chi connectivity index (χ1n) is 5.76. The second-order valence-electron chi connectivity index (χ2n) is 4.46. The van der Waals surface area contributed by atoms with Crippen molar-refractivity contribution < 1.29 is 31.4 Å². The molecule has 21 heavy (non-hydrogen) atoms. The molecule has 0 radical (unpaired) electrons. The number of aliphatic hydroxyl groups excluding tert-OH is 1. The number of alkyl halides is 6. The third kappa shape index (κ3) is 3.10. The van der Waals surface area contributed by atoms with Gasteiger partial charge in [-0.05, 0) is 5.39 Å². The normalized spacial score (nSPS) is 14.7. The highest BCUT2D eigenvalue weighted by molar-refractivity contribution is 5.84. The molecule has 114 valence electrons. The summed E-state index contributed by atoms with van der Waals surface area (Å²) in [6, 6.07) is 5.83. The zero-order valence-corrected chi connectivity index (χ0v) is 10.3. The van der Waals surface area contributed by atoms with Crippen LogP contribution in [0.15, 0.2) is 36.7 Å². The van der Waals surface area contributed by atoms with Crippen LogP contribution in [0.2, 0.25) is 0 Å². The molecule has 0 amide bonds. The van der Waals surface area contributed by atoms with E-state index in [0.717, 1.165) is 6.20 Å². The van der Waals surface area contributed by atoms with Crippen LogP contribution in [-0.4, -0.2) is 22.4 Å². The van der Waals surface area contributed by atoms with Gasteiger partial charge in [0.1, 0.15) is 6.10 Å².